The van der Waals surface area contributed by atoms with Gasteiger partial charge in [0.1, 0.15) is 0 Å². The molecule has 0 aromatic carbocycles. The lowest BCUT2D eigenvalue weighted by atomic mass is 10.4. The minimum absolute atomic E-state index is 0.0852. The van der Waals surface area contributed by atoms with Crippen LogP contribution in [0.2, 0.25) is 0 Å². The van der Waals surface area contributed by atoms with Crippen molar-refractivity contribution >= 4 is 46.6 Å². The predicted molar refractivity (Wildman–Crippen MR) is 100.0 cm³/mol. The zero-order valence-electron chi connectivity index (χ0n) is 15.3. The Hall–Kier alpha value is -0.230. The molecule has 2 heterocycles. The van der Waals surface area contributed by atoms with E-state index < -0.39 is 69.2 Å². The topological polar surface area (TPSA) is 104 Å². The molecule has 2 saturated heterocycles. The molecule has 0 atom stereocenters. The van der Waals surface area contributed by atoms with E-state index in [4.69, 9.17) is 0 Å². The Morgan fingerprint density at radius 1 is 0.667 bits per heavy atom. The molecular weight excluding hydrogens is 510 g/mol. The van der Waals surface area contributed by atoms with Gasteiger partial charge in [-0.2, -0.15) is 43.2 Å². The van der Waals surface area contributed by atoms with Crippen LogP contribution in [-0.4, -0.2) is 68.2 Å². The minimum Gasteiger partial charge on any atom is -0.298 e. The van der Waals surface area contributed by atoms with Gasteiger partial charge in [-0.25, -0.2) is 7.26 Å². The quantitative estimate of drug-likeness (QED) is 0.350. The van der Waals surface area contributed by atoms with Gasteiger partial charge in [0, 0.05) is 23.0 Å². The van der Waals surface area contributed by atoms with E-state index in [2.05, 4.69) is 7.26 Å². The van der Waals surface area contributed by atoms with E-state index in [0.717, 1.165) is 0 Å². The van der Waals surface area contributed by atoms with Gasteiger partial charge in [0.05, 0.1) is 11.5 Å². The molecule has 2 rings (SSSR count). The van der Waals surface area contributed by atoms with E-state index in [1.807, 2.05) is 0 Å². The third-order valence-electron chi connectivity index (χ3n) is 4.45. The van der Waals surface area contributed by atoms with Crippen LogP contribution in [0.4, 0.5) is 26.3 Å². The summed E-state index contributed by atoms with van der Waals surface area (Å²) < 4.78 is 131. The van der Waals surface area contributed by atoms with Gasteiger partial charge in [-0.05, 0) is 25.7 Å². The number of hydrogen-bond donors (Lipinski definition) is 0. The highest BCUT2D eigenvalue weighted by molar-refractivity contribution is 8.35. The molecule has 0 N–H and O–H groups in total. The van der Waals surface area contributed by atoms with Gasteiger partial charge in [-0.15, -0.1) is 20.6 Å². The lowest BCUT2D eigenvalue weighted by molar-refractivity contribution is -0.114. The van der Waals surface area contributed by atoms with E-state index in [1.54, 1.807) is 0 Å². The molecule has 180 valence electrons. The van der Waals surface area contributed by atoms with Crippen LogP contribution in [0, 0.1) is 0 Å². The van der Waals surface area contributed by atoms with E-state index in [1.165, 1.54) is 0 Å². The van der Waals surface area contributed by atoms with Crippen molar-refractivity contribution in [3.63, 3.8) is 0 Å². The normalized spacial score (nSPS) is 24.5. The minimum atomic E-state index is -5.96. The van der Waals surface area contributed by atoms with Gasteiger partial charge in [0.2, 0.25) is 0 Å². The maximum absolute atomic E-state index is 12.7. The van der Waals surface area contributed by atoms with Crippen LogP contribution in [0.5, 0.6) is 0 Å². The van der Waals surface area contributed by atoms with Crippen molar-refractivity contribution in [2.45, 2.75) is 36.7 Å². The number of Topliss-reactive ketones (excluding diaryl/α,β-unsaturated/α-hetero) is 1. The molecule has 0 aromatic heterocycles. The third-order valence-corrected chi connectivity index (χ3v) is 15.2. The Morgan fingerprint density at radius 3 is 1.17 bits per heavy atom. The number of hydrogen-bond acceptors (Lipinski definition) is 7. The molecule has 0 amide bonds. The first kappa shape index (κ1) is 26.0. The smallest absolute Gasteiger partial charge is 0.298 e. The summed E-state index contributed by atoms with van der Waals surface area (Å²) in [6, 6.07) is 0. The molecule has 0 radical (unpaired) electrons. The van der Waals surface area contributed by atoms with Crippen LogP contribution >= 0.6 is 20.6 Å². The molecule has 2 aliphatic rings. The largest absolute Gasteiger partial charge is 0.523 e. The average Bonchev–Trinajstić information content (AvgIpc) is 3.14. The van der Waals surface area contributed by atoms with Crippen LogP contribution in [0.15, 0.2) is 0 Å². The van der Waals surface area contributed by atoms with Gasteiger partial charge in [0.25, 0.3) is 0 Å². The predicted octanol–water partition coefficient (Wildman–Crippen LogP) is 3.31. The molecular formula is C13H20F6O7S4. The van der Waals surface area contributed by atoms with E-state index in [9.17, 15) is 48.0 Å². The highest BCUT2D eigenvalue weighted by atomic mass is 32.3. The van der Waals surface area contributed by atoms with Crippen molar-refractivity contribution < 1.29 is 55.2 Å². The molecule has 30 heavy (non-hydrogen) atoms. The number of ketones is 1. The number of carbonyl (C=O) groups excluding carboxylic acids is 1. The fourth-order valence-corrected chi connectivity index (χ4v) is 13.8. The highest BCUT2D eigenvalue weighted by Gasteiger charge is 2.53. The van der Waals surface area contributed by atoms with Gasteiger partial charge < -0.3 is 0 Å². The summed E-state index contributed by atoms with van der Waals surface area (Å²) in [4.78, 5) is 12.6. The number of carbonyl (C=O) groups is 1. The molecule has 0 spiro atoms. The van der Waals surface area contributed by atoms with Crippen molar-refractivity contribution in [3.05, 3.63) is 0 Å². The van der Waals surface area contributed by atoms with E-state index >= 15 is 0 Å². The number of alkyl halides is 6. The lowest BCUT2D eigenvalue weighted by Crippen LogP contribution is -2.33. The van der Waals surface area contributed by atoms with E-state index in [-0.39, 0.29) is 23.0 Å². The Kier molecular flexibility index (Phi) is 7.47. The zero-order chi connectivity index (χ0) is 23.1. The van der Waals surface area contributed by atoms with E-state index in [0.29, 0.717) is 25.7 Å². The van der Waals surface area contributed by atoms with Gasteiger partial charge in [-0.1, -0.05) is 0 Å². The fraction of sp³-hybridized carbons (Fsp3) is 0.923. The van der Waals surface area contributed by atoms with Crippen LogP contribution < -0.4 is 0 Å². The van der Waals surface area contributed by atoms with Crippen molar-refractivity contribution in [1.82, 2.24) is 0 Å². The molecule has 17 heteroatoms. The van der Waals surface area contributed by atoms with Crippen molar-refractivity contribution in [2.75, 3.05) is 34.5 Å². The molecule has 0 bridgehead atoms. The van der Waals surface area contributed by atoms with Crippen LogP contribution in [0.25, 0.3) is 0 Å². The maximum atomic E-state index is 12.7. The zero-order valence-corrected chi connectivity index (χ0v) is 18.6. The molecule has 2 aliphatic heterocycles. The lowest BCUT2D eigenvalue weighted by Gasteiger charge is -2.37. The van der Waals surface area contributed by atoms with Gasteiger partial charge in [-0.3, -0.25) is 4.79 Å². The second kappa shape index (κ2) is 8.61. The monoisotopic (exact) mass is 530 g/mol. The summed E-state index contributed by atoms with van der Waals surface area (Å²) in [5.41, 5.74) is -11.4. The Bertz CT molecular complexity index is 783. The summed E-state index contributed by atoms with van der Waals surface area (Å²) in [7, 11) is -17.9. The maximum Gasteiger partial charge on any atom is 0.523 e. The first-order valence-corrected chi connectivity index (χ1v) is 15.5. The van der Waals surface area contributed by atoms with Crippen molar-refractivity contribution in [2.24, 2.45) is 0 Å². The standard InChI is InChI=1S/C13H20F6O7S4/c14-12(15,16)29(21,22)25-27(5-1-2-6-27)9-11(20)10-28(7-3-4-8-28)26-30(23,24)13(17,18)19/h1-10H2. The number of rotatable bonds is 8. The van der Waals surface area contributed by atoms with Crippen LogP contribution in [-0.2, 0) is 32.3 Å². The van der Waals surface area contributed by atoms with Gasteiger partial charge >= 0.3 is 31.3 Å². The van der Waals surface area contributed by atoms with Crippen molar-refractivity contribution in [1.29, 1.82) is 0 Å². The fourth-order valence-electron chi connectivity index (χ4n) is 3.22. The SMILES string of the molecule is O=C(CS1(OS(=O)(=O)C(F)(F)F)CCCC1)CS1(OS(=O)(=O)C(F)(F)F)CCCC1. The van der Waals surface area contributed by atoms with Crippen LogP contribution in [0.3, 0.4) is 0 Å². The van der Waals surface area contributed by atoms with Crippen LogP contribution in [0.1, 0.15) is 25.7 Å². The van der Waals surface area contributed by atoms with Gasteiger partial charge in [0.15, 0.2) is 5.78 Å². The summed E-state index contributed by atoms with van der Waals surface area (Å²) in [6.45, 7) is 0. The molecule has 0 saturated carbocycles. The summed E-state index contributed by atoms with van der Waals surface area (Å²) in [5, 5.41) is 0. The summed E-state index contributed by atoms with van der Waals surface area (Å²) >= 11 is 0. The second-order valence-corrected chi connectivity index (χ2v) is 16.8. The molecule has 0 aromatic rings. The summed E-state index contributed by atoms with van der Waals surface area (Å²) in [6.07, 6.45) is 1.31. The molecule has 7 nitrogen and oxygen atoms in total. The first-order valence-electron chi connectivity index (χ1n) is 8.52. The van der Waals surface area contributed by atoms with Crippen molar-refractivity contribution in [3.8, 4) is 0 Å². The second-order valence-electron chi connectivity index (χ2n) is 6.93. The Balaban J connectivity index is 2.20. The Morgan fingerprint density at radius 2 is 0.933 bits per heavy atom. The number of halogens is 6. The molecule has 0 aliphatic carbocycles. The molecule has 2 fully saturated rings. The molecule has 0 unspecified atom stereocenters. The first-order chi connectivity index (χ1) is 13.4. The average molecular weight is 531 g/mol. The highest BCUT2D eigenvalue weighted by Crippen LogP contribution is 2.60. The third kappa shape index (κ3) is 5.96. The summed E-state index contributed by atoms with van der Waals surface area (Å²) in [5.74, 6) is -2.63. The Labute approximate surface area is 173 Å².